The molecule has 0 radical (unpaired) electrons. The maximum Gasteiger partial charge on any atom is 0.307 e. The molecule has 1 rings (SSSR count). The third-order valence-corrected chi connectivity index (χ3v) is 5.10. The largest absolute Gasteiger partial charge is 0.469 e. The Labute approximate surface area is 142 Å². The first kappa shape index (κ1) is 20.2. The minimum absolute atomic E-state index is 0.125. The fourth-order valence-corrected chi connectivity index (χ4v) is 2.85. The van der Waals surface area contributed by atoms with Crippen LogP contribution in [0.4, 0.5) is 10.1 Å². The van der Waals surface area contributed by atoms with Gasteiger partial charge in [0.05, 0.1) is 39.7 Å². The van der Waals surface area contributed by atoms with Crippen LogP contribution in [0.1, 0.15) is 39.7 Å². The van der Waals surface area contributed by atoms with E-state index in [1.807, 2.05) is 0 Å². The van der Waals surface area contributed by atoms with Crippen LogP contribution in [-0.4, -0.2) is 27.0 Å². The Kier molecular flexibility index (Phi) is 6.18. The van der Waals surface area contributed by atoms with E-state index in [4.69, 9.17) is 0 Å². The lowest BCUT2D eigenvalue weighted by Gasteiger charge is -2.33. The predicted molar refractivity (Wildman–Crippen MR) is 88.1 cm³/mol. The fourth-order valence-electron chi connectivity index (χ4n) is 1.95. The van der Waals surface area contributed by atoms with Gasteiger partial charge < -0.3 is 4.74 Å². The van der Waals surface area contributed by atoms with E-state index in [-0.39, 0.29) is 17.7 Å². The number of benzene rings is 1. The highest BCUT2D eigenvalue weighted by molar-refractivity contribution is 7.84. The molecule has 0 aliphatic carbocycles. The molecule has 0 saturated heterocycles. The molecule has 0 amide bonds. The number of carbonyl (C=O) groups is 1. The molecule has 1 unspecified atom stereocenters. The summed E-state index contributed by atoms with van der Waals surface area (Å²) in [7, 11) is -0.472. The van der Waals surface area contributed by atoms with E-state index >= 15 is 0 Å². The summed E-state index contributed by atoms with van der Waals surface area (Å²) in [5.74, 6) is -1.41. The van der Waals surface area contributed by atoms with E-state index in [1.165, 1.54) is 14.0 Å². The molecule has 0 spiro atoms. The van der Waals surface area contributed by atoms with Gasteiger partial charge in [0.25, 0.3) is 5.69 Å². The number of non-ortho nitro benzene ring substituents is 1. The second-order valence-electron chi connectivity index (χ2n) is 6.49. The van der Waals surface area contributed by atoms with Crippen molar-refractivity contribution in [1.29, 1.82) is 0 Å². The monoisotopic (exact) mass is 360 g/mol. The van der Waals surface area contributed by atoms with Crippen LogP contribution in [-0.2, 0) is 26.1 Å². The molecule has 1 aromatic rings. The van der Waals surface area contributed by atoms with Gasteiger partial charge in [0, 0.05) is 17.7 Å². The van der Waals surface area contributed by atoms with Crippen LogP contribution in [0.2, 0.25) is 0 Å². The smallest absolute Gasteiger partial charge is 0.307 e. The number of esters is 1. The number of hydrogen-bond donors (Lipinski definition) is 1. The van der Waals surface area contributed by atoms with Crippen molar-refractivity contribution in [3.8, 4) is 0 Å². The summed E-state index contributed by atoms with van der Waals surface area (Å²) in [4.78, 5) is 22.0. The molecule has 0 fully saturated rings. The summed E-state index contributed by atoms with van der Waals surface area (Å²) in [6, 6.07) is 3.01. The Morgan fingerprint density at radius 1 is 1.38 bits per heavy atom. The molecule has 7 nitrogen and oxygen atoms in total. The molecule has 0 aliphatic rings. The van der Waals surface area contributed by atoms with Crippen molar-refractivity contribution < 1.29 is 23.1 Å². The van der Waals surface area contributed by atoms with Gasteiger partial charge in [0.15, 0.2) is 0 Å². The molecule has 0 saturated carbocycles. The van der Waals surface area contributed by atoms with Crippen LogP contribution in [0.3, 0.4) is 0 Å². The third kappa shape index (κ3) is 4.81. The molecular formula is C15H21FN2O5S. The average molecular weight is 360 g/mol. The SMILES string of the molecule is COC(=O)C[C@](C)(NS(=O)C(C)(C)C)c1cc([N+](=O)[O-])ccc1F. The Balaban J connectivity index is 3.42. The van der Waals surface area contributed by atoms with Gasteiger partial charge in [-0.1, -0.05) is 0 Å². The predicted octanol–water partition coefficient (Wildman–Crippen LogP) is 2.56. The maximum absolute atomic E-state index is 14.3. The average Bonchev–Trinajstić information content (AvgIpc) is 2.45. The number of hydrogen-bond acceptors (Lipinski definition) is 5. The highest BCUT2D eigenvalue weighted by atomic mass is 32.2. The van der Waals surface area contributed by atoms with Crippen molar-refractivity contribution in [2.24, 2.45) is 0 Å². The Bertz CT molecular complexity index is 674. The van der Waals surface area contributed by atoms with Gasteiger partial charge in [-0.3, -0.25) is 14.9 Å². The minimum atomic E-state index is -1.65. The Morgan fingerprint density at radius 2 is 1.96 bits per heavy atom. The van der Waals surface area contributed by atoms with Gasteiger partial charge >= 0.3 is 5.97 Å². The van der Waals surface area contributed by atoms with Crippen LogP contribution in [0, 0.1) is 15.9 Å². The lowest BCUT2D eigenvalue weighted by Crippen LogP contribution is -2.48. The standard InChI is InChI=1S/C15H21FN2O5S/c1-14(2,3)24(22)17-15(4,9-13(19)23-5)11-8-10(18(20)21)6-7-12(11)16/h6-8,17H,9H2,1-5H3/t15-,24?/m0/s1. The second-order valence-corrected chi connectivity index (χ2v) is 8.46. The molecule has 2 atom stereocenters. The molecule has 0 heterocycles. The molecule has 0 aliphatic heterocycles. The first-order valence-electron chi connectivity index (χ1n) is 7.11. The lowest BCUT2D eigenvalue weighted by atomic mass is 9.89. The number of carbonyl (C=O) groups excluding carboxylic acids is 1. The van der Waals surface area contributed by atoms with Gasteiger partial charge in [-0.15, -0.1) is 0 Å². The van der Waals surface area contributed by atoms with Crippen molar-refractivity contribution in [3.05, 3.63) is 39.7 Å². The quantitative estimate of drug-likeness (QED) is 0.477. The molecule has 1 N–H and O–H groups in total. The molecule has 134 valence electrons. The molecule has 9 heteroatoms. The zero-order valence-corrected chi connectivity index (χ0v) is 15.0. The minimum Gasteiger partial charge on any atom is -0.469 e. The number of ether oxygens (including phenoxy) is 1. The third-order valence-electron chi connectivity index (χ3n) is 3.35. The van der Waals surface area contributed by atoms with E-state index in [0.717, 1.165) is 18.2 Å². The van der Waals surface area contributed by atoms with Crippen molar-refractivity contribution in [2.75, 3.05) is 7.11 Å². The molecule has 0 aromatic heterocycles. The summed E-state index contributed by atoms with van der Waals surface area (Å²) in [5.41, 5.74) is -1.90. The normalized spacial score (nSPS) is 15.4. The van der Waals surface area contributed by atoms with Crippen LogP contribution < -0.4 is 4.72 Å². The van der Waals surface area contributed by atoms with Crippen molar-refractivity contribution >= 4 is 22.6 Å². The zero-order valence-electron chi connectivity index (χ0n) is 14.2. The van der Waals surface area contributed by atoms with E-state index in [9.17, 15) is 23.5 Å². The topological polar surface area (TPSA) is 98.5 Å². The van der Waals surface area contributed by atoms with Crippen molar-refractivity contribution in [2.45, 2.75) is 44.4 Å². The van der Waals surface area contributed by atoms with Crippen LogP contribution in [0.25, 0.3) is 0 Å². The van der Waals surface area contributed by atoms with Crippen LogP contribution >= 0.6 is 0 Å². The lowest BCUT2D eigenvalue weighted by molar-refractivity contribution is -0.385. The molecule has 24 heavy (non-hydrogen) atoms. The summed E-state index contributed by atoms with van der Waals surface area (Å²) in [6.45, 7) is 6.57. The second kappa shape index (κ2) is 7.35. The number of halogens is 1. The first-order chi connectivity index (χ1) is 10.9. The first-order valence-corrected chi connectivity index (χ1v) is 8.26. The number of nitrogens with zero attached hydrogens (tertiary/aromatic N) is 1. The van der Waals surface area contributed by atoms with Gasteiger partial charge in [-0.25, -0.2) is 13.3 Å². The van der Waals surface area contributed by atoms with Gasteiger partial charge in [-0.2, -0.15) is 0 Å². The number of nitro benzene ring substituents is 1. The van der Waals surface area contributed by atoms with Crippen molar-refractivity contribution in [3.63, 3.8) is 0 Å². The number of nitrogens with one attached hydrogen (secondary N) is 1. The summed E-state index contributed by atoms with van der Waals surface area (Å²) in [6.07, 6.45) is -0.344. The van der Waals surface area contributed by atoms with E-state index in [1.54, 1.807) is 20.8 Å². The Morgan fingerprint density at radius 3 is 2.42 bits per heavy atom. The summed E-state index contributed by atoms with van der Waals surface area (Å²) in [5, 5.41) is 11.0. The van der Waals surface area contributed by atoms with E-state index in [2.05, 4.69) is 9.46 Å². The van der Waals surface area contributed by atoms with Gasteiger partial charge in [0.2, 0.25) is 0 Å². The van der Waals surface area contributed by atoms with Crippen LogP contribution in [0.15, 0.2) is 18.2 Å². The Hall–Kier alpha value is -1.87. The molecule has 1 aromatic carbocycles. The highest BCUT2D eigenvalue weighted by Gasteiger charge is 2.37. The number of methoxy groups -OCH3 is 1. The number of rotatable bonds is 6. The highest BCUT2D eigenvalue weighted by Crippen LogP contribution is 2.32. The number of nitro groups is 1. The maximum atomic E-state index is 14.3. The summed E-state index contributed by atoms with van der Waals surface area (Å²) >= 11 is 0. The fraction of sp³-hybridized carbons (Fsp3) is 0.533. The summed E-state index contributed by atoms with van der Waals surface area (Å²) < 4.78 is 33.4. The van der Waals surface area contributed by atoms with Gasteiger partial charge in [-0.05, 0) is 33.8 Å². The van der Waals surface area contributed by atoms with Gasteiger partial charge in [0.1, 0.15) is 5.82 Å². The molecular weight excluding hydrogens is 339 g/mol. The molecule has 0 bridgehead atoms. The zero-order chi connectivity index (χ0) is 18.7. The van der Waals surface area contributed by atoms with Crippen molar-refractivity contribution in [1.82, 2.24) is 4.72 Å². The van der Waals surface area contributed by atoms with E-state index < -0.39 is 38.0 Å². The van der Waals surface area contributed by atoms with E-state index in [0.29, 0.717) is 0 Å². The van der Waals surface area contributed by atoms with Crippen LogP contribution in [0.5, 0.6) is 0 Å².